The summed E-state index contributed by atoms with van der Waals surface area (Å²) in [7, 11) is 0. The molecular formula is C25H26. The Kier molecular flexibility index (Phi) is 3.61. The van der Waals surface area contributed by atoms with Crippen LogP contribution in [0.25, 0.3) is 0 Å². The van der Waals surface area contributed by atoms with Crippen LogP contribution in [-0.4, -0.2) is 0 Å². The van der Waals surface area contributed by atoms with E-state index in [1.54, 1.807) is 0 Å². The minimum atomic E-state index is -0.122. The Bertz CT molecular complexity index is 855. The van der Waals surface area contributed by atoms with Gasteiger partial charge in [-0.1, -0.05) is 99.6 Å². The third-order valence-electron chi connectivity index (χ3n) is 6.56. The average molecular weight is 326 g/mol. The molecule has 0 saturated carbocycles. The number of hydrogen-bond acceptors (Lipinski definition) is 0. The first kappa shape index (κ1) is 16.1. The zero-order valence-electron chi connectivity index (χ0n) is 15.6. The number of rotatable bonds is 2. The number of benzene rings is 3. The minimum absolute atomic E-state index is 0.0292. The highest BCUT2D eigenvalue weighted by molar-refractivity contribution is 5.64. The lowest BCUT2D eigenvalue weighted by Gasteiger charge is -2.49. The largest absolute Gasteiger partial charge is 0.0622 e. The lowest BCUT2D eigenvalue weighted by atomic mass is 9.54. The van der Waals surface area contributed by atoms with Gasteiger partial charge in [0.25, 0.3) is 0 Å². The third kappa shape index (κ3) is 2.07. The Morgan fingerprint density at radius 2 is 0.960 bits per heavy atom. The van der Waals surface area contributed by atoms with Gasteiger partial charge in [0.1, 0.15) is 0 Å². The summed E-state index contributed by atoms with van der Waals surface area (Å²) < 4.78 is 0. The fourth-order valence-electron chi connectivity index (χ4n) is 4.74. The van der Waals surface area contributed by atoms with Crippen LogP contribution >= 0.6 is 0 Å². The van der Waals surface area contributed by atoms with Gasteiger partial charge in [0, 0.05) is 10.8 Å². The quantitative estimate of drug-likeness (QED) is 0.517. The van der Waals surface area contributed by atoms with Crippen LogP contribution in [0.1, 0.15) is 55.5 Å². The molecule has 0 N–H and O–H groups in total. The fraction of sp³-hybridized carbons (Fsp3) is 0.280. The van der Waals surface area contributed by atoms with Gasteiger partial charge in [-0.15, -0.1) is 0 Å². The van der Waals surface area contributed by atoms with E-state index in [1.165, 1.54) is 27.8 Å². The zero-order valence-corrected chi connectivity index (χ0v) is 15.6. The van der Waals surface area contributed by atoms with Gasteiger partial charge in [0.15, 0.2) is 0 Å². The lowest BCUT2D eigenvalue weighted by molar-refractivity contribution is 0.379. The van der Waals surface area contributed by atoms with E-state index < -0.39 is 0 Å². The molecule has 0 heterocycles. The van der Waals surface area contributed by atoms with Gasteiger partial charge in [-0.25, -0.2) is 0 Å². The first-order valence-electron chi connectivity index (χ1n) is 9.26. The van der Waals surface area contributed by atoms with E-state index in [9.17, 15) is 0 Å². The summed E-state index contributed by atoms with van der Waals surface area (Å²) in [6, 6.07) is 29.1. The van der Waals surface area contributed by atoms with E-state index in [1.807, 2.05) is 0 Å². The molecule has 3 aromatic rings. The van der Waals surface area contributed by atoms with Crippen LogP contribution in [0.15, 0.2) is 78.9 Å². The second kappa shape index (κ2) is 5.59. The van der Waals surface area contributed by atoms with E-state index in [2.05, 4.69) is 107 Å². The molecule has 4 rings (SSSR count). The molecule has 0 radical (unpaired) electrons. The summed E-state index contributed by atoms with van der Waals surface area (Å²) >= 11 is 0. The molecule has 0 aromatic heterocycles. The van der Waals surface area contributed by atoms with Gasteiger partial charge in [0.2, 0.25) is 0 Å². The first-order chi connectivity index (χ1) is 12.0. The SMILES string of the molecule is CC(C)C1(C)c2ccccc2C(C)(c2ccccc2)c2ccccc21. The summed E-state index contributed by atoms with van der Waals surface area (Å²) in [4.78, 5) is 0. The summed E-state index contributed by atoms with van der Waals surface area (Å²) in [5, 5.41) is 0. The Balaban J connectivity index is 2.14. The van der Waals surface area contributed by atoms with Gasteiger partial charge >= 0.3 is 0 Å². The smallest absolute Gasteiger partial charge is 0.0429 e. The molecular weight excluding hydrogens is 300 g/mol. The van der Waals surface area contributed by atoms with Crippen LogP contribution in [-0.2, 0) is 10.8 Å². The van der Waals surface area contributed by atoms with Crippen molar-refractivity contribution >= 4 is 0 Å². The molecule has 0 atom stereocenters. The zero-order chi connectivity index (χ0) is 17.7. The van der Waals surface area contributed by atoms with Crippen molar-refractivity contribution in [1.82, 2.24) is 0 Å². The molecule has 0 fully saturated rings. The van der Waals surface area contributed by atoms with Gasteiger partial charge in [-0.3, -0.25) is 0 Å². The van der Waals surface area contributed by atoms with Gasteiger partial charge in [-0.2, -0.15) is 0 Å². The van der Waals surface area contributed by atoms with Crippen LogP contribution < -0.4 is 0 Å². The molecule has 0 bridgehead atoms. The fourth-order valence-corrected chi connectivity index (χ4v) is 4.74. The summed E-state index contributed by atoms with van der Waals surface area (Å²) in [5.74, 6) is 0.523. The topological polar surface area (TPSA) is 0 Å². The maximum absolute atomic E-state index is 2.42. The molecule has 1 aliphatic carbocycles. The Morgan fingerprint density at radius 3 is 1.40 bits per heavy atom. The molecule has 0 heteroatoms. The van der Waals surface area contributed by atoms with Crippen molar-refractivity contribution in [1.29, 1.82) is 0 Å². The number of fused-ring (bicyclic) bond motifs is 2. The average Bonchev–Trinajstić information content (AvgIpc) is 2.66. The van der Waals surface area contributed by atoms with Gasteiger partial charge in [0.05, 0.1) is 0 Å². The molecule has 0 amide bonds. The van der Waals surface area contributed by atoms with Crippen molar-refractivity contribution in [3.63, 3.8) is 0 Å². The van der Waals surface area contributed by atoms with Gasteiger partial charge in [-0.05, 0) is 40.7 Å². The van der Waals surface area contributed by atoms with Crippen molar-refractivity contribution in [3.05, 3.63) is 107 Å². The second-order valence-corrected chi connectivity index (χ2v) is 7.94. The molecule has 25 heavy (non-hydrogen) atoms. The van der Waals surface area contributed by atoms with Crippen molar-refractivity contribution < 1.29 is 0 Å². The van der Waals surface area contributed by atoms with Gasteiger partial charge < -0.3 is 0 Å². The predicted octanol–water partition coefficient (Wildman–Crippen LogP) is 6.32. The molecule has 0 unspecified atom stereocenters. The Hall–Kier alpha value is -2.34. The molecule has 3 aromatic carbocycles. The first-order valence-corrected chi connectivity index (χ1v) is 9.26. The van der Waals surface area contributed by atoms with Crippen LogP contribution in [0, 0.1) is 5.92 Å². The standard InChI is InChI=1S/C25H26/c1-18(2)24(3)20-14-8-10-16-22(20)25(4,19-12-6-5-7-13-19)23-17-11-9-15-21(23)24/h5-18H,1-4H3. The van der Waals surface area contributed by atoms with Crippen molar-refractivity contribution in [2.45, 2.75) is 38.5 Å². The summed E-state index contributed by atoms with van der Waals surface area (Å²) in [6.07, 6.45) is 0. The lowest BCUT2D eigenvalue weighted by Crippen LogP contribution is -2.43. The van der Waals surface area contributed by atoms with E-state index in [0.717, 1.165) is 0 Å². The second-order valence-electron chi connectivity index (χ2n) is 7.94. The van der Waals surface area contributed by atoms with Crippen LogP contribution in [0.2, 0.25) is 0 Å². The minimum Gasteiger partial charge on any atom is -0.0622 e. The van der Waals surface area contributed by atoms with Crippen molar-refractivity contribution in [2.75, 3.05) is 0 Å². The normalized spacial score (nSPS) is 24.7. The van der Waals surface area contributed by atoms with Crippen LogP contribution in [0.4, 0.5) is 0 Å². The van der Waals surface area contributed by atoms with Crippen molar-refractivity contribution in [3.8, 4) is 0 Å². The monoisotopic (exact) mass is 326 g/mol. The van der Waals surface area contributed by atoms with Crippen LogP contribution in [0.3, 0.4) is 0 Å². The highest BCUT2D eigenvalue weighted by Crippen LogP contribution is 2.54. The summed E-state index contributed by atoms with van der Waals surface area (Å²) in [5.41, 5.74) is 7.09. The molecule has 0 spiro atoms. The molecule has 0 aliphatic heterocycles. The molecule has 126 valence electrons. The maximum Gasteiger partial charge on any atom is 0.0429 e. The highest BCUT2D eigenvalue weighted by atomic mass is 14.5. The van der Waals surface area contributed by atoms with E-state index >= 15 is 0 Å². The van der Waals surface area contributed by atoms with E-state index in [0.29, 0.717) is 5.92 Å². The summed E-state index contributed by atoms with van der Waals surface area (Å²) in [6.45, 7) is 9.50. The number of hydrogen-bond donors (Lipinski definition) is 0. The highest BCUT2D eigenvalue weighted by Gasteiger charge is 2.47. The van der Waals surface area contributed by atoms with Crippen molar-refractivity contribution in [2.24, 2.45) is 5.92 Å². The Morgan fingerprint density at radius 1 is 0.560 bits per heavy atom. The predicted molar refractivity (Wildman–Crippen MR) is 106 cm³/mol. The Labute approximate surface area is 151 Å². The van der Waals surface area contributed by atoms with E-state index in [-0.39, 0.29) is 10.8 Å². The third-order valence-corrected chi connectivity index (χ3v) is 6.56. The molecule has 1 aliphatic rings. The van der Waals surface area contributed by atoms with Crippen LogP contribution in [0.5, 0.6) is 0 Å². The molecule has 0 saturated heterocycles. The van der Waals surface area contributed by atoms with E-state index in [4.69, 9.17) is 0 Å². The molecule has 0 nitrogen and oxygen atoms in total. The maximum atomic E-state index is 2.42.